The molecule has 0 saturated heterocycles. The van der Waals surface area contributed by atoms with Gasteiger partial charge in [-0.15, -0.1) is 0 Å². The van der Waals surface area contributed by atoms with Gasteiger partial charge in [0.1, 0.15) is 0 Å². The van der Waals surface area contributed by atoms with E-state index in [9.17, 15) is 0 Å². The molecule has 1 aromatic heterocycles. The highest BCUT2D eigenvalue weighted by Crippen LogP contribution is 2.19. The number of nitrogens with zero attached hydrogens (tertiary/aromatic N) is 1. The largest absolute Gasteiger partial charge is 0.478 e. The molecule has 0 aliphatic heterocycles. The molecule has 0 spiro atoms. The summed E-state index contributed by atoms with van der Waals surface area (Å²) in [6.45, 7) is 7.14. The Hall–Kier alpha value is -1.05. The molecule has 0 fully saturated rings. The van der Waals surface area contributed by atoms with Crippen LogP contribution in [0.5, 0.6) is 5.88 Å². The van der Waals surface area contributed by atoms with Crippen LogP contribution in [0.4, 0.5) is 0 Å². The van der Waals surface area contributed by atoms with Crippen molar-refractivity contribution in [3.63, 3.8) is 0 Å². The Kier molecular flexibility index (Phi) is 4.44. The molecule has 1 aromatic rings. The minimum atomic E-state index is 0.685. The van der Waals surface area contributed by atoms with E-state index in [0.717, 1.165) is 12.3 Å². The molecule has 1 atom stereocenters. The molecule has 0 saturated carbocycles. The van der Waals surface area contributed by atoms with E-state index in [1.165, 1.54) is 12.0 Å². The lowest BCUT2D eigenvalue weighted by Crippen LogP contribution is -2.03. The van der Waals surface area contributed by atoms with E-state index in [4.69, 9.17) is 4.74 Å². The normalized spacial score (nSPS) is 12.5. The molecule has 0 bridgehead atoms. The average molecular weight is 193 g/mol. The molecular weight excluding hydrogens is 174 g/mol. The number of pyridine rings is 1. The van der Waals surface area contributed by atoms with Gasteiger partial charge in [0.15, 0.2) is 0 Å². The first-order valence-corrected chi connectivity index (χ1v) is 5.34. The van der Waals surface area contributed by atoms with Crippen LogP contribution in [0.2, 0.25) is 0 Å². The minimum Gasteiger partial charge on any atom is -0.478 e. The van der Waals surface area contributed by atoms with E-state index < -0.39 is 0 Å². The Morgan fingerprint density at radius 1 is 1.43 bits per heavy atom. The lowest BCUT2D eigenvalue weighted by molar-refractivity contribution is 0.320. The van der Waals surface area contributed by atoms with Gasteiger partial charge in [-0.1, -0.05) is 26.3 Å². The second-order valence-corrected chi connectivity index (χ2v) is 3.62. The lowest BCUT2D eigenvalue weighted by Gasteiger charge is -2.11. The zero-order valence-corrected chi connectivity index (χ0v) is 9.29. The van der Waals surface area contributed by atoms with Crippen LogP contribution in [0, 0.1) is 5.92 Å². The Morgan fingerprint density at radius 3 is 2.86 bits per heavy atom. The second kappa shape index (κ2) is 5.63. The molecule has 14 heavy (non-hydrogen) atoms. The third kappa shape index (κ3) is 3.02. The fourth-order valence-corrected chi connectivity index (χ4v) is 1.37. The first kappa shape index (κ1) is 11.0. The summed E-state index contributed by atoms with van der Waals surface area (Å²) in [5.74, 6) is 1.49. The summed E-state index contributed by atoms with van der Waals surface area (Å²) in [4.78, 5) is 4.23. The number of hydrogen-bond donors (Lipinski definition) is 0. The summed E-state index contributed by atoms with van der Waals surface area (Å²) in [6.07, 6.45) is 4.03. The van der Waals surface area contributed by atoms with Crippen LogP contribution >= 0.6 is 0 Å². The number of hydrogen-bond acceptors (Lipinski definition) is 2. The predicted molar refractivity (Wildman–Crippen MR) is 58.6 cm³/mol. The van der Waals surface area contributed by atoms with Crippen LogP contribution in [0.15, 0.2) is 18.3 Å². The predicted octanol–water partition coefficient (Wildman–Crippen LogP) is 3.07. The van der Waals surface area contributed by atoms with Crippen molar-refractivity contribution >= 4 is 0 Å². The zero-order chi connectivity index (χ0) is 10.4. The van der Waals surface area contributed by atoms with Crippen molar-refractivity contribution in [1.82, 2.24) is 4.98 Å². The highest BCUT2D eigenvalue weighted by Gasteiger charge is 2.07. The van der Waals surface area contributed by atoms with Crippen molar-refractivity contribution < 1.29 is 4.74 Å². The van der Waals surface area contributed by atoms with Gasteiger partial charge >= 0.3 is 0 Å². The average Bonchev–Trinajstić information content (AvgIpc) is 2.21. The third-order valence-corrected chi connectivity index (χ3v) is 2.40. The van der Waals surface area contributed by atoms with Gasteiger partial charge in [-0.3, -0.25) is 0 Å². The van der Waals surface area contributed by atoms with E-state index >= 15 is 0 Å². The van der Waals surface area contributed by atoms with Crippen LogP contribution in [0.1, 0.15) is 32.8 Å². The van der Waals surface area contributed by atoms with Gasteiger partial charge < -0.3 is 4.74 Å². The summed E-state index contributed by atoms with van der Waals surface area (Å²) < 4.78 is 5.47. The summed E-state index contributed by atoms with van der Waals surface area (Å²) >= 11 is 0. The minimum absolute atomic E-state index is 0.685. The Morgan fingerprint density at radius 2 is 2.21 bits per heavy atom. The molecule has 0 aliphatic carbocycles. The number of ether oxygens (including phenoxy) is 1. The molecule has 1 rings (SSSR count). The van der Waals surface area contributed by atoms with Gasteiger partial charge in [0.2, 0.25) is 5.88 Å². The first-order chi connectivity index (χ1) is 6.77. The van der Waals surface area contributed by atoms with Gasteiger partial charge in [-0.2, -0.15) is 0 Å². The molecular formula is C12H19NO. The van der Waals surface area contributed by atoms with Crippen molar-refractivity contribution in [2.24, 2.45) is 5.92 Å². The molecule has 0 amide bonds. The highest BCUT2D eigenvalue weighted by molar-refractivity contribution is 5.25. The summed E-state index contributed by atoms with van der Waals surface area (Å²) in [5, 5.41) is 0. The summed E-state index contributed by atoms with van der Waals surface area (Å²) in [6, 6.07) is 4.07. The van der Waals surface area contributed by atoms with Gasteiger partial charge in [0, 0.05) is 11.8 Å². The molecule has 78 valence electrons. The maximum Gasteiger partial charge on any atom is 0.216 e. The van der Waals surface area contributed by atoms with Crippen molar-refractivity contribution in [2.75, 3.05) is 6.61 Å². The van der Waals surface area contributed by atoms with Crippen LogP contribution < -0.4 is 4.74 Å². The van der Waals surface area contributed by atoms with Crippen molar-refractivity contribution in [3.05, 3.63) is 23.9 Å². The third-order valence-electron chi connectivity index (χ3n) is 2.40. The first-order valence-electron chi connectivity index (χ1n) is 5.34. The fourth-order valence-electron chi connectivity index (χ4n) is 1.37. The van der Waals surface area contributed by atoms with Gasteiger partial charge in [-0.05, 0) is 25.3 Å². The van der Waals surface area contributed by atoms with E-state index in [0.29, 0.717) is 12.5 Å². The maximum atomic E-state index is 5.47. The summed E-state index contributed by atoms with van der Waals surface area (Å²) in [5.41, 5.74) is 1.23. The van der Waals surface area contributed by atoms with E-state index in [1.807, 2.05) is 13.0 Å². The van der Waals surface area contributed by atoms with Crippen molar-refractivity contribution in [2.45, 2.75) is 33.6 Å². The van der Waals surface area contributed by atoms with E-state index in [-0.39, 0.29) is 0 Å². The van der Waals surface area contributed by atoms with Crippen molar-refractivity contribution in [1.29, 1.82) is 0 Å². The van der Waals surface area contributed by atoms with Gasteiger partial charge in [0.25, 0.3) is 0 Å². The Labute approximate surface area is 86.3 Å². The molecule has 0 aliphatic rings. The molecule has 1 heterocycles. The lowest BCUT2D eigenvalue weighted by atomic mass is 10.00. The van der Waals surface area contributed by atoms with E-state index in [1.54, 1.807) is 6.20 Å². The van der Waals surface area contributed by atoms with E-state index in [2.05, 4.69) is 24.9 Å². The number of aromatic nitrogens is 1. The second-order valence-electron chi connectivity index (χ2n) is 3.62. The fraction of sp³-hybridized carbons (Fsp3) is 0.583. The van der Waals surface area contributed by atoms with Crippen molar-refractivity contribution in [3.8, 4) is 5.88 Å². The maximum absolute atomic E-state index is 5.47. The monoisotopic (exact) mass is 193 g/mol. The van der Waals surface area contributed by atoms with Crippen LogP contribution in [0.25, 0.3) is 0 Å². The Bertz CT molecular complexity index is 273. The standard InChI is InChI=1S/C12H19NO/c1-4-10(3)9-11-7-6-8-13-12(11)14-5-2/h6-8,10H,4-5,9H2,1-3H3. The van der Waals surface area contributed by atoms with Crippen LogP contribution in [0.3, 0.4) is 0 Å². The van der Waals surface area contributed by atoms with Gasteiger partial charge in [-0.25, -0.2) is 4.98 Å². The molecule has 0 radical (unpaired) electrons. The van der Waals surface area contributed by atoms with Crippen LogP contribution in [-0.2, 0) is 6.42 Å². The topological polar surface area (TPSA) is 22.1 Å². The quantitative estimate of drug-likeness (QED) is 0.717. The molecule has 2 nitrogen and oxygen atoms in total. The SMILES string of the molecule is CCOc1ncccc1CC(C)CC. The molecule has 0 N–H and O–H groups in total. The van der Waals surface area contributed by atoms with Crippen LogP contribution in [-0.4, -0.2) is 11.6 Å². The molecule has 1 unspecified atom stereocenters. The smallest absolute Gasteiger partial charge is 0.216 e. The van der Waals surface area contributed by atoms with Gasteiger partial charge in [0.05, 0.1) is 6.61 Å². The summed E-state index contributed by atoms with van der Waals surface area (Å²) in [7, 11) is 0. The Balaban J connectivity index is 2.73. The highest BCUT2D eigenvalue weighted by atomic mass is 16.5. The zero-order valence-electron chi connectivity index (χ0n) is 9.29. The molecule has 2 heteroatoms. The molecule has 0 aromatic carbocycles. The number of rotatable bonds is 5.